The predicted octanol–water partition coefficient (Wildman–Crippen LogP) is 4.14. The summed E-state index contributed by atoms with van der Waals surface area (Å²) in [5.41, 5.74) is 3.55. The molecule has 19 heavy (non-hydrogen) atoms. The molecule has 0 aliphatic rings. The van der Waals surface area contributed by atoms with E-state index in [2.05, 4.69) is 42.5 Å². The summed E-state index contributed by atoms with van der Waals surface area (Å²) >= 11 is 6.02. The van der Waals surface area contributed by atoms with Gasteiger partial charge in [0.1, 0.15) is 6.73 Å². The number of ether oxygens (including phenoxy) is 1. The molecule has 5 heteroatoms. The molecule has 1 aromatic heterocycles. The van der Waals surface area contributed by atoms with Crippen LogP contribution in [-0.4, -0.2) is 26.3 Å². The maximum absolute atomic E-state index is 6.02. The van der Waals surface area contributed by atoms with Gasteiger partial charge < -0.3 is 14.6 Å². The number of hydrogen-bond donors (Lipinski definition) is 1. The van der Waals surface area contributed by atoms with Crippen molar-refractivity contribution in [3.63, 3.8) is 0 Å². The second-order valence-corrected chi connectivity index (χ2v) is 11.9. The normalized spacial score (nSPS) is 11.9. The summed E-state index contributed by atoms with van der Waals surface area (Å²) in [6, 6.07) is 3.32. The van der Waals surface area contributed by atoms with E-state index in [4.69, 9.17) is 16.3 Å². The number of alkyl halides is 1. The Morgan fingerprint density at radius 1 is 1.37 bits per heavy atom. The van der Waals surface area contributed by atoms with Gasteiger partial charge in [-0.05, 0) is 18.5 Å². The molecule has 0 radical (unpaired) electrons. The minimum absolute atomic E-state index is 0.520. The fourth-order valence-electron chi connectivity index (χ4n) is 2.05. The fraction of sp³-hybridized carbons (Fsp3) is 0.714. The number of aromatic nitrogens is 1. The standard InChI is InChI=1S/C14H27ClN2OSi/c1-6-14-13(16-2)9-12(10-15)17(14)11-18-7-8-19(3,4)5/h9,16H,6-8,10-11H2,1-5H3. The average molecular weight is 303 g/mol. The number of halogens is 1. The Balaban J connectivity index is 2.68. The van der Waals surface area contributed by atoms with Crippen molar-refractivity contribution >= 4 is 25.4 Å². The summed E-state index contributed by atoms with van der Waals surface area (Å²) < 4.78 is 8.05. The van der Waals surface area contributed by atoms with Crippen LogP contribution in [0.1, 0.15) is 18.3 Å². The van der Waals surface area contributed by atoms with Gasteiger partial charge in [-0.2, -0.15) is 0 Å². The van der Waals surface area contributed by atoms with Gasteiger partial charge in [0.25, 0.3) is 0 Å². The lowest BCUT2D eigenvalue weighted by Crippen LogP contribution is -2.22. The molecule has 1 rings (SSSR count). The topological polar surface area (TPSA) is 26.2 Å². The molecule has 0 saturated heterocycles. The van der Waals surface area contributed by atoms with Crippen molar-refractivity contribution in [3.05, 3.63) is 17.5 Å². The molecule has 0 fully saturated rings. The third kappa shape index (κ3) is 4.86. The van der Waals surface area contributed by atoms with Crippen LogP contribution in [0.3, 0.4) is 0 Å². The number of nitrogens with zero attached hydrogens (tertiary/aromatic N) is 1. The van der Waals surface area contributed by atoms with Crippen LogP contribution in [0, 0.1) is 0 Å². The van der Waals surface area contributed by atoms with Crippen molar-refractivity contribution in [2.45, 2.75) is 51.6 Å². The van der Waals surface area contributed by atoms with E-state index in [0.717, 1.165) is 24.4 Å². The van der Waals surface area contributed by atoms with E-state index in [1.807, 2.05) is 7.05 Å². The summed E-state index contributed by atoms with van der Waals surface area (Å²) in [5.74, 6) is 0.520. The highest BCUT2D eigenvalue weighted by Gasteiger charge is 2.14. The zero-order valence-electron chi connectivity index (χ0n) is 12.8. The van der Waals surface area contributed by atoms with E-state index in [0.29, 0.717) is 12.6 Å². The highest BCUT2D eigenvalue weighted by Crippen LogP contribution is 2.23. The van der Waals surface area contributed by atoms with E-state index >= 15 is 0 Å². The van der Waals surface area contributed by atoms with Gasteiger partial charge in [0.15, 0.2) is 0 Å². The Hall–Kier alpha value is -0.453. The molecule has 1 aromatic rings. The molecule has 0 amide bonds. The molecule has 1 N–H and O–H groups in total. The van der Waals surface area contributed by atoms with Crippen LogP contribution in [0.5, 0.6) is 0 Å². The fourth-order valence-corrected chi connectivity index (χ4v) is 3.03. The van der Waals surface area contributed by atoms with Gasteiger partial charge in [0.05, 0.1) is 11.6 Å². The van der Waals surface area contributed by atoms with Gasteiger partial charge in [-0.1, -0.05) is 26.6 Å². The van der Waals surface area contributed by atoms with Crippen LogP contribution < -0.4 is 5.32 Å². The van der Waals surface area contributed by atoms with E-state index in [1.54, 1.807) is 0 Å². The second kappa shape index (κ2) is 7.36. The van der Waals surface area contributed by atoms with Gasteiger partial charge in [-0.3, -0.25) is 0 Å². The van der Waals surface area contributed by atoms with Crippen molar-refractivity contribution in [2.75, 3.05) is 19.0 Å². The molecule has 0 aromatic carbocycles. The first-order chi connectivity index (χ1) is 8.92. The highest BCUT2D eigenvalue weighted by atomic mass is 35.5. The zero-order chi connectivity index (χ0) is 14.5. The Labute approximate surface area is 123 Å². The zero-order valence-corrected chi connectivity index (χ0v) is 14.6. The van der Waals surface area contributed by atoms with Crippen LogP contribution in [0.2, 0.25) is 25.7 Å². The molecule has 1 heterocycles. The maximum Gasteiger partial charge on any atom is 0.122 e. The van der Waals surface area contributed by atoms with Crippen molar-refractivity contribution in [1.29, 1.82) is 0 Å². The number of anilines is 1. The Kier molecular flexibility index (Phi) is 6.43. The van der Waals surface area contributed by atoms with Crippen LogP contribution in [0.15, 0.2) is 6.07 Å². The van der Waals surface area contributed by atoms with Gasteiger partial charge in [0.2, 0.25) is 0 Å². The lowest BCUT2D eigenvalue weighted by molar-refractivity contribution is 0.0843. The Morgan fingerprint density at radius 3 is 2.53 bits per heavy atom. The third-order valence-corrected chi connectivity index (χ3v) is 5.23. The van der Waals surface area contributed by atoms with Crippen molar-refractivity contribution in [3.8, 4) is 0 Å². The van der Waals surface area contributed by atoms with Gasteiger partial charge in [-0.25, -0.2) is 0 Å². The van der Waals surface area contributed by atoms with Gasteiger partial charge >= 0.3 is 0 Å². The van der Waals surface area contributed by atoms with Crippen molar-refractivity contribution in [2.24, 2.45) is 0 Å². The lowest BCUT2D eigenvalue weighted by Gasteiger charge is -2.17. The molecule has 0 unspecified atom stereocenters. The molecule has 3 nitrogen and oxygen atoms in total. The third-order valence-electron chi connectivity index (χ3n) is 3.25. The first-order valence-electron chi connectivity index (χ1n) is 6.95. The van der Waals surface area contributed by atoms with Crippen LogP contribution in [0.4, 0.5) is 5.69 Å². The van der Waals surface area contributed by atoms with E-state index in [1.165, 1.54) is 11.7 Å². The van der Waals surface area contributed by atoms with Crippen molar-refractivity contribution in [1.82, 2.24) is 4.57 Å². The molecule has 0 saturated carbocycles. The van der Waals surface area contributed by atoms with E-state index in [9.17, 15) is 0 Å². The first kappa shape index (κ1) is 16.6. The lowest BCUT2D eigenvalue weighted by atomic mass is 10.3. The molecule has 0 spiro atoms. The second-order valence-electron chi connectivity index (χ2n) is 6.01. The largest absolute Gasteiger partial charge is 0.387 e. The maximum atomic E-state index is 6.02. The average Bonchev–Trinajstić information content (AvgIpc) is 2.70. The molecule has 0 aliphatic heterocycles. The van der Waals surface area contributed by atoms with Gasteiger partial charge in [-0.15, -0.1) is 11.6 Å². The summed E-state index contributed by atoms with van der Waals surface area (Å²) in [5, 5.41) is 3.23. The smallest absolute Gasteiger partial charge is 0.122 e. The molecule has 110 valence electrons. The Bertz CT molecular complexity index is 399. The first-order valence-corrected chi connectivity index (χ1v) is 11.2. The summed E-state index contributed by atoms with van der Waals surface area (Å²) in [7, 11) is 0.934. The monoisotopic (exact) mass is 302 g/mol. The minimum atomic E-state index is -1.01. The summed E-state index contributed by atoms with van der Waals surface area (Å²) in [6.07, 6.45) is 0.977. The Morgan fingerprint density at radius 2 is 2.05 bits per heavy atom. The van der Waals surface area contributed by atoms with Crippen LogP contribution >= 0.6 is 11.6 Å². The summed E-state index contributed by atoms with van der Waals surface area (Å²) in [6.45, 7) is 10.7. The van der Waals surface area contributed by atoms with Crippen LogP contribution in [-0.2, 0) is 23.8 Å². The summed E-state index contributed by atoms with van der Waals surface area (Å²) in [4.78, 5) is 0. The van der Waals surface area contributed by atoms with Crippen molar-refractivity contribution < 1.29 is 4.74 Å². The number of nitrogens with one attached hydrogen (secondary N) is 1. The molecule has 0 aliphatic carbocycles. The SMILES string of the molecule is CCc1c(NC)cc(CCl)n1COCC[Si](C)(C)C. The number of rotatable bonds is 8. The molecule has 0 atom stereocenters. The molecular formula is C14H27ClN2OSi. The minimum Gasteiger partial charge on any atom is -0.387 e. The molecule has 0 bridgehead atoms. The predicted molar refractivity (Wildman–Crippen MR) is 87.0 cm³/mol. The quantitative estimate of drug-likeness (QED) is 0.444. The van der Waals surface area contributed by atoms with Gasteiger partial charge in [0, 0.05) is 33.1 Å². The highest BCUT2D eigenvalue weighted by molar-refractivity contribution is 6.76. The van der Waals surface area contributed by atoms with Crippen LogP contribution in [0.25, 0.3) is 0 Å². The van der Waals surface area contributed by atoms with E-state index < -0.39 is 8.07 Å². The molecular weight excluding hydrogens is 276 g/mol. The van der Waals surface area contributed by atoms with E-state index in [-0.39, 0.29) is 0 Å². The number of hydrogen-bond acceptors (Lipinski definition) is 2.